The molecule has 4 aromatic rings. The zero-order valence-electron chi connectivity index (χ0n) is 16.8. The number of carboxylic acid groups (broad SMARTS) is 1. The molecular weight excluding hydrogens is 430 g/mol. The molecule has 9 heteroatoms. The van der Waals surface area contributed by atoms with Crippen LogP contribution in [0.25, 0.3) is 28.3 Å². The Hall–Kier alpha value is -3.95. The maximum atomic E-state index is 11.6. The molecule has 162 valence electrons. The molecule has 2 heterocycles. The monoisotopic (exact) mass is 449 g/mol. The lowest BCUT2D eigenvalue weighted by Gasteiger charge is -2.03. The number of hydrogen-bond acceptors (Lipinski definition) is 5. The second-order valence-corrected chi connectivity index (χ2v) is 8.47. The van der Waals surface area contributed by atoms with Gasteiger partial charge in [0.2, 0.25) is 10.0 Å². The number of benzene rings is 2. The first-order valence-electron chi connectivity index (χ1n) is 9.58. The molecule has 2 aromatic heterocycles. The van der Waals surface area contributed by atoms with Gasteiger partial charge in [0.05, 0.1) is 4.90 Å². The average molecular weight is 449 g/mol. The molecule has 0 spiro atoms. The molecule has 8 nitrogen and oxygen atoms in total. The standard InChI is InChI=1S/C23H19N3O5S/c24-32(29,30)18-10-8-17(9-11-18)22-21(16-6-2-1-3-7-16)25-20(31-22)13-12-19(23(27)28)26-14-4-5-15-26/h1-12,14-15H,13H2,(H,27,28)(H2,24,29,30)/b19-12-. The summed E-state index contributed by atoms with van der Waals surface area (Å²) in [5.74, 6) is -0.312. The molecule has 0 aliphatic carbocycles. The Balaban J connectivity index is 1.75. The molecule has 0 atom stereocenters. The van der Waals surface area contributed by atoms with Crippen LogP contribution in [0.2, 0.25) is 0 Å². The average Bonchev–Trinajstić information content (AvgIpc) is 3.44. The van der Waals surface area contributed by atoms with Crippen molar-refractivity contribution < 1.29 is 22.7 Å². The Morgan fingerprint density at radius 2 is 1.66 bits per heavy atom. The normalized spacial score (nSPS) is 12.1. The number of aromatic nitrogens is 2. The molecule has 0 saturated heterocycles. The number of carbonyl (C=O) groups is 1. The Bertz CT molecular complexity index is 1370. The predicted molar refractivity (Wildman–Crippen MR) is 119 cm³/mol. The van der Waals surface area contributed by atoms with Gasteiger partial charge in [-0.05, 0) is 42.5 Å². The van der Waals surface area contributed by atoms with Crippen molar-refractivity contribution in [3.8, 4) is 22.6 Å². The number of hydrogen-bond donors (Lipinski definition) is 2. The third-order valence-corrected chi connectivity index (χ3v) is 5.66. The van der Waals surface area contributed by atoms with E-state index in [-0.39, 0.29) is 17.0 Å². The smallest absolute Gasteiger partial charge is 0.352 e. The fourth-order valence-electron chi connectivity index (χ4n) is 3.22. The largest absolute Gasteiger partial charge is 0.477 e. The Kier molecular flexibility index (Phi) is 5.76. The van der Waals surface area contributed by atoms with Crippen molar-refractivity contribution in [1.29, 1.82) is 0 Å². The Morgan fingerprint density at radius 1 is 1.00 bits per heavy atom. The summed E-state index contributed by atoms with van der Waals surface area (Å²) in [5.41, 5.74) is 2.06. The highest BCUT2D eigenvalue weighted by Gasteiger charge is 2.18. The highest BCUT2D eigenvalue weighted by molar-refractivity contribution is 7.89. The van der Waals surface area contributed by atoms with Crippen molar-refractivity contribution in [3.05, 3.63) is 91.1 Å². The number of rotatable bonds is 7. The first-order valence-corrected chi connectivity index (χ1v) is 11.1. The maximum Gasteiger partial charge on any atom is 0.352 e. The van der Waals surface area contributed by atoms with E-state index in [2.05, 4.69) is 4.98 Å². The van der Waals surface area contributed by atoms with Crippen LogP contribution in [0, 0.1) is 0 Å². The van der Waals surface area contributed by atoms with Gasteiger partial charge in [0.25, 0.3) is 0 Å². The van der Waals surface area contributed by atoms with Crippen molar-refractivity contribution >= 4 is 21.7 Å². The number of nitrogens with zero attached hydrogens (tertiary/aromatic N) is 2. The van der Waals surface area contributed by atoms with Crippen molar-refractivity contribution in [3.63, 3.8) is 0 Å². The molecule has 0 aliphatic rings. The van der Waals surface area contributed by atoms with Gasteiger partial charge in [0, 0.05) is 29.9 Å². The lowest BCUT2D eigenvalue weighted by molar-refractivity contribution is -0.130. The van der Waals surface area contributed by atoms with Crippen molar-refractivity contribution in [2.24, 2.45) is 5.14 Å². The highest BCUT2D eigenvalue weighted by atomic mass is 32.2. The number of primary sulfonamides is 1. The van der Waals surface area contributed by atoms with E-state index in [9.17, 15) is 18.3 Å². The van der Waals surface area contributed by atoms with E-state index < -0.39 is 16.0 Å². The van der Waals surface area contributed by atoms with Gasteiger partial charge in [0.1, 0.15) is 11.4 Å². The molecule has 0 bridgehead atoms. The van der Waals surface area contributed by atoms with E-state index >= 15 is 0 Å². The van der Waals surface area contributed by atoms with Crippen LogP contribution in [0.1, 0.15) is 5.89 Å². The first kappa shape index (κ1) is 21.3. The quantitative estimate of drug-likeness (QED) is 0.415. The van der Waals surface area contributed by atoms with Gasteiger partial charge in [-0.1, -0.05) is 30.3 Å². The second kappa shape index (κ2) is 8.66. The van der Waals surface area contributed by atoms with Gasteiger partial charge < -0.3 is 14.1 Å². The lowest BCUT2D eigenvalue weighted by Crippen LogP contribution is -2.11. The van der Waals surface area contributed by atoms with Crippen LogP contribution in [0.4, 0.5) is 0 Å². The van der Waals surface area contributed by atoms with E-state index in [4.69, 9.17) is 9.56 Å². The number of sulfonamides is 1. The van der Waals surface area contributed by atoms with Gasteiger partial charge in [-0.15, -0.1) is 0 Å². The van der Waals surface area contributed by atoms with E-state index in [1.807, 2.05) is 30.3 Å². The molecule has 4 rings (SSSR count). The lowest BCUT2D eigenvalue weighted by atomic mass is 10.1. The van der Waals surface area contributed by atoms with Gasteiger partial charge >= 0.3 is 5.97 Å². The summed E-state index contributed by atoms with van der Waals surface area (Å²) >= 11 is 0. The van der Waals surface area contributed by atoms with Crippen LogP contribution in [0.15, 0.2) is 94.5 Å². The van der Waals surface area contributed by atoms with E-state index in [1.165, 1.54) is 22.8 Å². The zero-order valence-corrected chi connectivity index (χ0v) is 17.6. The molecule has 0 fully saturated rings. The molecule has 0 unspecified atom stereocenters. The molecule has 2 aromatic carbocycles. The maximum absolute atomic E-state index is 11.6. The summed E-state index contributed by atoms with van der Waals surface area (Å²) in [6.45, 7) is 0. The van der Waals surface area contributed by atoms with Gasteiger partial charge in [-0.2, -0.15) is 0 Å². The van der Waals surface area contributed by atoms with Crippen LogP contribution in [0.5, 0.6) is 0 Å². The number of aliphatic carboxylic acids is 1. The molecule has 0 radical (unpaired) electrons. The number of carboxylic acids is 1. The van der Waals surface area contributed by atoms with Gasteiger partial charge in [-0.25, -0.2) is 23.3 Å². The molecule has 0 amide bonds. The highest BCUT2D eigenvalue weighted by Crippen LogP contribution is 2.33. The van der Waals surface area contributed by atoms with Crippen molar-refractivity contribution in [2.75, 3.05) is 0 Å². The number of allylic oxidation sites excluding steroid dienone is 1. The van der Waals surface area contributed by atoms with Crippen LogP contribution in [0.3, 0.4) is 0 Å². The first-order chi connectivity index (χ1) is 15.3. The molecule has 32 heavy (non-hydrogen) atoms. The number of oxazole rings is 1. The minimum Gasteiger partial charge on any atom is -0.477 e. The fourth-order valence-corrected chi connectivity index (χ4v) is 3.73. The summed E-state index contributed by atoms with van der Waals surface area (Å²) in [5, 5.41) is 14.7. The predicted octanol–water partition coefficient (Wildman–Crippen LogP) is 3.63. The Morgan fingerprint density at radius 3 is 2.25 bits per heavy atom. The SMILES string of the molecule is NS(=O)(=O)c1ccc(-c2oc(C/C=C(/C(=O)O)n3cccc3)nc2-c2ccccc2)cc1. The van der Waals surface area contributed by atoms with E-state index in [0.717, 1.165) is 5.56 Å². The molecule has 0 saturated carbocycles. The summed E-state index contributed by atoms with van der Waals surface area (Å²) in [6, 6.07) is 18.8. The minimum atomic E-state index is -3.82. The van der Waals surface area contributed by atoms with Crippen LogP contribution < -0.4 is 5.14 Å². The van der Waals surface area contributed by atoms with Crippen LogP contribution in [-0.4, -0.2) is 29.0 Å². The third kappa shape index (κ3) is 4.53. The number of nitrogens with two attached hydrogens (primary N) is 1. The van der Waals surface area contributed by atoms with Crippen molar-refractivity contribution in [2.45, 2.75) is 11.3 Å². The Labute approximate surface area is 184 Å². The second-order valence-electron chi connectivity index (χ2n) is 6.91. The van der Waals surface area contributed by atoms with Gasteiger partial charge in [-0.3, -0.25) is 0 Å². The summed E-state index contributed by atoms with van der Waals surface area (Å²) in [7, 11) is -3.82. The summed E-state index contributed by atoms with van der Waals surface area (Å²) in [4.78, 5) is 16.2. The molecular formula is C23H19N3O5S. The molecule has 0 aliphatic heterocycles. The molecule has 3 N–H and O–H groups in total. The van der Waals surface area contributed by atoms with Crippen molar-refractivity contribution in [1.82, 2.24) is 9.55 Å². The van der Waals surface area contributed by atoms with Crippen LogP contribution in [-0.2, 0) is 21.2 Å². The van der Waals surface area contributed by atoms with E-state index in [0.29, 0.717) is 22.9 Å². The zero-order chi connectivity index (χ0) is 22.7. The summed E-state index contributed by atoms with van der Waals surface area (Å²) < 4.78 is 30.6. The van der Waals surface area contributed by atoms with Crippen LogP contribution >= 0.6 is 0 Å². The summed E-state index contributed by atoms with van der Waals surface area (Å²) in [6.07, 6.45) is 4.96. The van der Waals surface area contributed by atoms with Gasteiger partial charge in [0.15, 0.2) is 11.7 Å². The topological polar surface area (TPSA) is 128 Å². The third-order valence-electron chi connectivity index (χ3n) is 4.74. The fraction of sp³-hybridized carbons (Fsp3) is 0.0435. The minimum absolute atomic E-state index is 0.0111. The van der Waals surface area contributed by atoms with E-state index in [1.54, 1.807) is 36.7 Å².